The monoisotopic (exact) mass is 205 g/mol. The fraction of sp³-hybridized carbons (Fsp3) is 0.417. The first-order chi connectivity index (χ1) is 7.25. The molecule has 0 aromatic heterocycles. The summed E-state index contributed by atoms with van der Waals surface area (Å²) >= 11 is 0. The number of carboxylic acid groups (broad SMARTS) is 1. The van der Waals surface area contributed by atoms with Crippen molar-refractivity contribution in [2.24, 2.45) is 5.92 Å². The van der Waals surface area contributed by atoms with Gasteiger partial charge in [0.25, 0.3) is 0 Å². The fourth-order valence-electron chi connectivity index (χ4n) is 2.11. The zero-order valence-electron chi connectivity index (χ0n) is 8.52. The van der Waals surface area contributed by atoms with Gasteiger partial charge in [-0.1, -0.05) is 18.2 Å². The summed E-state index contributed by atoms with van der Waals surface area (Å²) < 4.78 is 0. The maximum absolute atomic E-state index is 10.8. The van der Waals surface area contributed by atoms with Gasteiger partial charge in [0.05, 0.1) is 5.92 Å². The maximum atomic E-state index is 10.8. The number of carboxylic acids is 1. The van der Waals surface area contributed by atoms with E-state index in [0.717, 1.165) is 24.9 Å². The molecule has 80 valence electrons. The summed E-state index contributed by atoms with van der Waals surface area (Å²) in [5.74, 6) is -0.821. The second kappa shape index (κ2) is 4.34. The summed E-state index contributed by atoms with van der Waals surface area (Å²) in [6, 6.07) is 10.3. The van der Waals surface area contributed by atoms with Crippen molar-refractivity contribution < 1.29 is 9.90 Å². The molecule has 0 saturated heterocycles. The van der Waals surface area contributed by atoms with E-state index in [1.165, 1.54) is 0 Å². The number of hydrogen-bond acceptors (Lipinski definition) is 2. The number of para-hydroxylation sites is 1. The molecule has 3 heteroatoms. The van der Waals surface area contributed by atoms with Gasteiger partial charge < -0.3 is 10.4 Å². The third-order valence-corrected chi connectivity index (χ3v) is 2.93. The third-order valence-electron chi connectivity index (χ3n) is 2.93. The highest BCUT2D eigenvalue weighted by molar-refractivity contribution is 5.70. The topological polar surface area (TPSA) is 49.3 Å². The molecule has 2 atom stereocenters. The number of benzene rings is 1. The lowest BCUT2D eigenvalue weighted by Crippen LogP contribution is -2.17. The molecule has 0 radical (unpaired) electrons. The van der Waals surface area contributed by atoms with Crippen LogP contribution in [0.15, 0.2) is 30.3 Å². The average molecular weight is 205 g/mol. The van der Waals surface area contributed by atoms with Crippen molar-refractivity contribution in [3.63, 3.8) is 0 Å². The van der Waals surface area contributed by atoms with Gasteiger partial charge in [0, 0.05) is 11.7 Å². The Hall–Kier alpha value is -1.51. The van der Waals surface area contributed by atoms with E-state index in [-0.39, 0.29) is 5.92 Å². The van der Waals surface area contributed by atoms with Gasteiger partial charge in [0.1, 0.15) is 0 Å². The van der Waals surface area contributed by atoms with Gasteiger partial charge in [-0.3, -0.25) is 4.79 Å². The van der Waals surface area contributed by atoms with Crippen LogP contribution < -0.4 is 5.32 Å². The number of anilines is 1. The molecule has 0 spiro atoms. The Morgan fingerprint density at radius 1 is 1.27 bits per heavy atom. The van der Waals surface area contributed by atoms with E-state index in [2.05, 4.69) is 5.32 Å². The molecular weight excluding hydrogens is 190 g/mol. The van der Waals surface area contributed by atoms with E-state index < -0.39 is 5.97 Å². The van der Waals surface area contributed by atoms with Crippen molar-refractivity contribution in [1.29, 1.82) is 0 Å². The number of aliphatic carboxylic acids is 1. The van der Waals surface area contributed by atoms with Crippen molar-refractivity contribution >= 4 is 11.7 Å². The second-order valence-electron chi connectivity index (χ2n) is 4.06. The molecule has 1 aromatic rings. The molecule has 3 nitrogen and oxygen atoms in total. The Bertz CT molecular complexity index is 337. The Morgan fingerprint density at radius 2 is 2.00 bits per heavy atom. The zero-order valence-corrected chi connectivity index (χ0v) is 8.52. The van der Waals surface area contributed by atoms with Crippen LogP contribution >= 0.6 is 0 Å². The zero-order chi connectivity index (χ0) is 10.7. The summed E-state index contributed by atoms with van der Waals surface area (Å²) in [5.41, 5.74) is 1.08. The number of nitrogens with one attached hydrogen (secondary N) is 1. The van der Waals surface area contributed by atoms with Crippen LogP contribution in [-0.4, -0.2) is 17.1 Å². The first kappa shape index (κ1) is 10.0. The Morgan fingerprint density at radius 3 is 2.60 bits per heavy atom. The van der Waals surface area contributed by atoms with E-state index in [4.69, 9.17) is 5.11 Å². The van der Waals surface area contributed by atoms with E-state index in [1.54, 1.807) is 0 Å². The number of carbonyl (C=O) groups is 1. The Kier molecular flexibility index (Phi) is 2.90. The van der Waals surface area contributed by atoms with Gasteiger partial charge in [-0.15, -0.1) is 0 Å². The van der Waals surface area contributed by atoms with Crippen LogP contribution in [0.5, 0.6) is 0 Å². The molecule has 15 heavy (non-hydrogen) atoms. The first-order valence-corrected chi connectivity index (χ1v) is 5.30. The van der Waals surface area contributed by atoms with Crippen LogP contribution in [0.4, 0.5) is 5.69 Å². The highest BCUT2D eigenvalue weighted by Crippen LogP contribution is 2.28. The lowest BCUT2D eigenvalue weighted by Gasteiger charge is -2.13. The SMILES string of the molecule is O=C(O)C1CCC(Nc2ccccc2)C1. The lowest BCUT2D eigenvalue weighted by atomic mass is 10.1. The molecule has 0 bridgehead atoms. The van der Waals surface area contributed by atoms with Gasteiger partial charge in [-0.2, -0.15) is 0 Å². The molecule has 1 saturated carbocycles. The van der Waals surface area contributed by atoms with Crippen molar-refractivity contribution in [3.8, 4) is 0 Å². The Balaban J connectivity index is 1.90. The maximum Gasteiger partial charge on any atom is 0.306 e. The number of hydrogen-bond donors (Lipinski definition) is 2. The smallest absolute Gasteiger partial charge is 0.306 e. The highest BCUT2D eigenvalue weighted by atomic mass is 16.4. The normalized spacial score (nSPS) is 25.1. The predicted molar refractivity (Wildman–Crippen MR) is 58.8 cm³/mol. The van der Waals surface area contributed by atoms with Crippen molar-refractivity contribution in [3.05, 3.63) is 30.3 Å². The van der Waals surface area contributed by atoms with Crippen LogP contribution in [0.25, 0.3) is 0 Å². The van der Waals surface area contributed by atoms with E-state index >= 15 is 0 Å². The molecule has 1 aliphatic rings. The van der Waals surface area contributed by atoms with Crippen LogP contribution in [0.2, 0.25) is 0 Å². The van der Waals surface area contributed by atoms with Gasteiger partial charge >= 0.3 is 5.97 Å². The molecule has 2 N–H and O–H groups in total. The molecule has 0 amide bonds. The average Bonchev–Trinajstić information content (AvgIpc) is 2.68. The molecular formula is C12H15NO2. The van der Waals surface area contributed by atoms with Crippen LogP contribution in [0.3, 0.4) is 0 Å². The van der Waals surface area contributed by atoms with E-state index in [9.17, 15) is 4.79 Å². The lowest BCUT2D eigenvalue weighted by molar-refractivity contribution is -0.141. The summed E-state index contributed by atoms with van der Waals surface area (Å²) in [7, 11) is 0. The standard InChI is InChI=1S/C12H15NO2/c14-12(15)9-6-7-11(8-9)13-10-4-2-1-3-5-10/h1-5,9,11,13H,6-8H2,(H,14,15). The third kappa shape index (κ3) is 2.49. The molecule has 1 fully saturated rings. The second-order valence-corrected chi connectivity index (χ2v) is 4.06. The quantitative estimate of drug-likeness (QED) is 0.796. The molecule has 2 rings (SSSR count). The van der Waals surface area contributed by atoms with E-state index in [1.807, 2.05) is 30.3 Å². The van der Waals surface area contributed by atoms with Gasteiger partial charge in [0.15, 0.2) is 0 Å². The summed E-state index contributed by atoms with van der Waals surface area (Å²) in [6.07, 6.45) is 2.48. The van der Waals surface area contributed by atoms with E-state index in [0.29, 0.717) is 6.04 Å². The fourth-order valence-corrected chi connectivity index (χ4v) is 2.11. The molecule has 1 aromatic carbocycles. The summed E-state index contributed by atoms with van der Waals surface area (Å²) in [4.78, 5) is 10.8. The minimum absolute atomic E-state index is 0.161. The Labute approximate surface area is 89.1 Å². The van der Waals surface area contributed by atoms with Crippen molar-refractivity contribution in [1.82, 2.24) is 0 Å². The predicted octanol–water partition coefficient (Wildman–Crippen LogP) is 2.35. The van der Waals surface area contributed by atoms with Crippen LogP contribution in [0, 0.1) is 5.92 Å². The number of rotatable bonds is 3. The van der Waals surface area contributed by atoms with Crippen molar-refractivity contribution in [2.75, 3.05) is 5.32 Å². The minimum atomic E-state index is -0.660. The highest BCUT2D eigenvalue weighted by Gasteiger charge is 2.29. The largest absolute Gasteiger partial charge is 0.481 e. The summed E-state index contributed by atoms with van der Waals surface area (Å²) in [6.45, 7) is 0. The molecule has 2 unspecified atom stereocenters. The molecule has 1 aliphatic carbocycles. The van der Waals surface area contributed by atoms with Gasteiger partial charge in [0.2, 0.25) is 0 Å². The van der Waals surface area contributed by atoms with Crippen LogP contribution in [0.1, 0.15) is 19.3 Å². The minimum Gasteiger partial charge on any atom is -0.481 e. The van der Waals surface area contributed by atoms with Gasteiger partial charge in [-0.25, -0.2) is 0 Å². The first-order valence-electron chi connectivity index (χ1n) is 5.30. The van der Waals surface area contributed by atoms with Crippen LogP contribution in [-0.2, 0) is 4.79 Å². The molecule has 0 heterocycles. The summed E-state index contributed by atoms with van der Waals surface area (Å²) in [5, 5.41) is 12.2. The van der Waals surface area contributed by atoms with Crippen molar-refractivity contribution in [2.45, 2.75) is 25.3 Å². The molecule has 0 aliphatic heterocycles. The van der Waals surface area contributed by atoms with Gasteiger partial charge in [-0.05, 0) is 31.4 Å².